The standard InChI is InChI=1S/C11H12ClFSi/c1-14(2,3)5-4-9-6-10(12)8-11(13)7-9/h6-8H,1-3H3. The van der Waals surface area contributed by atoms with Crippen LogP contribution < -0.4 is 0 Å². The van der Waals surface area contributed by atoms with Gasteiger partial charge in [-0.05, 0) is 18.2 Å². The molecule has 0 bridgehead atoms. The second kappa shape index (κ2) is 4.16. The average Bonchev–Trinajstić information content (AvgIpc) is 1.97. The molecule has 0 saturated heterocycles. The Balaban J connectivity index is 3.02. The monoisotopic (exact) mass is 226 g/mol. The van der Waals surface area contributed by atoms with E-state index >= 15 is 0 Å². The Morgan fingerprint density at radius 2 is 1.86 bits per heavy atom. The fourth-order valence-electron chi connectivity index (χ4n) is 0.886. The third kappa shape index (κ3) is 3.95. The summed E-state index contributed by atoms with van der Waals surface area (Å²) in [6.07, 6.45) is 0. The van der Waals surface area contributed by atoms with E-state index < -0.39 is 8.07 Å². The van der Waals surface area contributed by atoms with Crippen LogP contribution >= 0.6 is 11.6 Å². The summed E-state index contributed by atoms with van der Waals surface area (Å²) in [5.41, 5.74) is 3.81. The summed E-state index contributed by atoms with van der Waals surface area (Å²) in [7, 11) is -1.40. The molecule has 0 unspecified atom stereocenters. The Morgan fingerprint density at radius 3 is 2.36 bits per heavy atom. The van der Waals surface area contributed by atoms with Crippen molar-refractivity contribution in [2.45, 2.75) is 19.6 Å². The Bertz CT molecular complexity index is 376. The molecule has 0 fully saturated rings. The minimum absolute atomic E-state index is 0.336. The molecule has 1 rings (SSSR count). The van der Waals surface area contributed by atoms with E-state index in [0.717, 1.165) is 0 Å². The molecule has 1 aromatic rings. The van der Waals surface area contributed by atoms with E-state index in [2.05, 4.69) is 31.1 Å². The number of rotatable bonds is 0. The summed E-state index contributed by atoms with van der Waals surface area (Å²) in [6, 6.07) is 4.36. The van der Waals surface area contributed by atoms with Crippen molar-refractivity contribution in [3.05, 3.63) is 34.6 Å². The summed E-state index contributed by atoms with van der Waals surface area (Å²) in [6.45, 7) is 6.42. The van der Waals surface area contributed by atoms with Gasteiger partial charge in [-0.25, -0.2) is 4.39 Å². The summed E-state index contributed by atoms with van der Waals surface area (Å²) < 4.78 is 12.9. The van der Waals surface area contributed by atoms with Gasteiger partial charge in [0.2, 0.25) is 0 Å². The van der Waals surface area contributed by atoms with Crippen LogP contribution in [0.3, 0.4) is 0 Å². The number of halogens is 2. The second-order valence-electron chi connectivity index (χ2n) is 4.16. The number of hydrogen-bond donors (Lipinski definition) is 0. The zero-order valence-electron chi connectivity index (χ0n) is 8.49. The molecule has 0 saturated carbocycles. The maximum absolute atomic E-state index is 12.9. The Morgan fingerprint density at radius 1 is 1.21 bits per heavy atom. The maximum Gasteiger partial charge on any atom is 0.129 e. The zero-order chi connectivity index (χ0) is 10.8. The third-order valence-electron chi connectivity index (χ3n) is 1.44. The lowest BCUT2D eigenvalue weighted by Crippen LogP contribution is -2.16. The van der Waals surface area contributed by atoms with Crippen molar-refractivity contribution in [3.8, 4) is 11.5 Å². The predicted octanol–water partition coefficient (Wildman–Crippen LogP) is 3.71. The van der Waals surface area contributed by atoms with Gasteiger partial charge in [0.05, 0.1) is 0 Å². The Hall–Kier alpha value is -0.783. The second-order valence-corrected chi connectivity index (χ2v) is 9.34. The lowest BCUT2D eigenvalue weighted by atomic mass is 10.2. The smallest absolute Gasteiger partial charge is 0.129 e. The van der Waals surface area contributed by atoms with Crippen LogP contribution in [0.1, 0.15) is 5.56 Å². The summed E-state index contributed by atoms with van der Waals surface area (Å²) >= 11 is 5.70. The van der Waals surface area contributed by atoms with Crippen molar-refractivity contribution >= 4 is 19.7 Å². The van der Waals surface area contributed by atoms with E-state index in [4.69, 9.17) is 11.6 Å². The molecule has 0 amide bonds. The number of benzene rings is 1. The van der Waals surface area contributed by atoms with Gasteiger partial charge in [-0.15, -0.1) is 5.54 Å². The van der Waals surface area contributed by atoms with Crippen molar-refractivity contribution < 1.29 is 4.39 Å². The van der Waals surface area contributed by atoms with Gasteiger partial charge in [-0.2, -0.15) is 0 Å². The molecule has 0 aliphatic heterocycles. The van der Waals surface area contributed by atoms with E-state index in [1.807, 2.05) is 0 Å². The van der Waals surface area contributed by atoms with Crippen LogP contribution in [0.25, 0.3) is 0 Å². The topological polar surface area (TPSA) is 0 Å². The third-order valence-corrected chi connectivity index (χ3v) is 2.54. The highest BCUT2D eigenvalue weighted by Gasteiger charge is 2.07. The van der Waals surface area contributed by atoms with Crippen LogP contribution in [0.4, 0.5) is 4.39 Å². The summed E-state index contributed by atoms with van der Waals surface area (Å²) in [4.78, 5) is 0. The molecule has 0 aliphatic rings. The van der Waals surface area contributed by atoms with Crippen LogP contribution in [-0.4, -0.2) is 8.07 Å². The normalized spacial score (nSPS) is 10.6. The van der Waals surface area contributed by atoms with Gasteiger partial charge in [-0.1, -0.05) is 37.2 Å². The molecule has 0 spiro atoms. The van der Waals surface area contributed by atoms with Gasteiger partial charge >= 0.3 is 0 Å². The lowest BCUT2D eigenvalue weighted by molar-refractivity contribution is 0.627. The first-order chi connectivity index (χ1) is 6.37. The molecule has 0 heterocycles. The zero-order valence-corrected chi connectivity index (χ0v) is 10.2. The number of hydrogen-bond acceptors (Lipinski definition) is 0. The minimum Gasteiger partial charge on any atom is -0.207 e. The van der Waals surface area contributed by atoms with E-state index in [-0.39, 0.29) is 5.82 Å². The van der Waals surface area contributed by atoms with Crippen molar-refractivity contribution in [2.24, 2.45) is 0 Å². The Kier molecular flexibility index (Phi) is 3.36. The van der Waals surface area contributed by atoms with E-state index in [1.165, 1.54) is 12.1 Å². The molecule has 74 valence electrons. The average molecular weight is 227 g/mol. The molecule has 0 nitrogen and oxygen atoms in total. The molecular weight excluding hydrogens is 215 g/mol. The predicted molar refractivity (Wildman–Crippen MR) is 61.6 cm³/mol. The van der Waals surface area contributed by atoms with Crippen LogP contribution in [0.15, 0.2) is 18.2 Å². The van der Waals surface area contributed by atoms with Crippen LogP contribution in [0.5, 0.6) is 0 Å². The first-order valence-electron chi connectivity index (χ1n) is 4.36. The van der Waals surface area contributed by atoms with Gasteiger partial charge < -0.3 is 0 Å². The highest BCUT2D eigenvalue weighted by molar-refractivity contribution is 6.83. The van der Waals surface area contributed by atoms with Crippen LogP contribution in [-0.2, 0) is 0 Å². The van der Waals surface area contributed by atoms with Crippen molar-refractivity contribution in [2.75, 3.05) is 0 Å². The molecule has 0 atom stereocenters. The highest BCUT2D eigenvalue weighted by Crippen LogP contribution is 2.13. The molecular formula is C11H12ClFSi. The van der Waals surface area contributed by atoms with Gasteiger partial charge in [0, 0.05) is 10.6 Å². The van der Waals surface area contributed by atoms with Crippen LogP contribution in [0, 0.1) is 17.3 Å². The van der Waals surface area contributed by atoms with E-state index in [0.29, 0.717) is 10.6 Å². The maximum atomic E-state index is 12.9. The summed E-state index contributed by atoms with van der Waals surface area (Å²) in [5.74, 6) is 2.62. The molecule has 0 radical (unpaired) electrons. The molecule has 0 aromatic heterocycles. The van der Waals surface area contributed by atoms with Gasteiger partial charge in [-0.3, -0.25) is 0 Å². The van der Waals surface area contributed by atoms with Crippen LogP contribution in [0.2, 0.25) is 24.7 Å². The molecule has 14 heavy (non-hydrogen) atoms. The largest absolute Gasteiger partial charge is 0.207 e. The van der Waals surface area contributed by atoms with E-state index in [1.54, 1.807) is 6.07 Å². The van der Waals surface area contributed by atoms with Gasteiger partial charge in [0.15, 0.2) is 0 Å². The quantitative estimate of drug-likeness (QED) is 0.467. The van der Waals surface area contributed by atoms with Gasteiger partial charge in [0.1, 0.15) is 13.9 Å². The van der Waals surface area contributed by atoms with Crippen molar-refractivity contribution in [3.63, 3.8) is 0 Å². The van der Waals surface area contributed by atoms with Crippen molar-refractivity contribution in [1.29, 1.82) is 0 Å². The summed E-state index contributed by atoms with van der Waals surface area (Å²) in [5, 5.41) is 0.393. The molecule has 3 heteroatoms. The lowest BCUT2D eigenvalue weighted by Gasteiger charge is -2.03. The first kappa shape index (κ1) is 11.3. The molecule has 1 aromatic carbocycles. The first-order valence-corrected chi connectivity index (χ1v) is 8.24. The fraction of sp³-hybridized carbons (Fsp3) is 0.273. The molecule has 0 aliphatic carbocycles. The minimum atomic E-state index is -1.40. The van der Waals surface area contributed by atoms with Crippen molar-refractivity contribution in [1.82, 2.24) is 0 Å². The SMILES string of the molecule is C[Si](C)(C)C#Cc1cc(F)cc(Cl)c1. The highest BCUT2D eigenvalue weighted by atomic mass is 35.5. The van der Waals surface area contributed by atoms with E-state index in [9.17, 15) is 4.39 Å². The van der Waals surface area contributed by atoms with Gasteiger partial charge in [0.25, 0.3) is 0 Å². The molecule has 0 N–H and O–H groups in total. The fourth-order valence-corrected chi connectivity index (χ4v) is 1.63. The Labute approximate surface area is 90.1 Å².